The summed E-state index contributed by atoms with van der Waals surface area (Å²) in [5, 5.41) is 3.15. The fraction of sp³-hybridized carbons (Fsp3) is 1.00. The highest BCUT2D eigenvalue weighted by Gasteiger charge is 2.28. The predicted molar refractivity (Wildman–Crippen MR) is 56.7 cm³/mol. The lowest BCUT2D eigenvalue weighted by Gasteiger charge is -2.19. The molecule has 2 nitrogen and oxygen atoms in total. The van der Waals surface area contributed by atoms with E-state index in [0.29, 0.717) is 25.0 Å². The molecule has 1 fully saturated rings. The fourth-order valence-corrected chi connectivity index (χ4v) is 2.45. The number of nitrogens with one attached hydrogen (secondary N) is 1. The highest BCUT2D eigenvalue weighted by molar-refractivity contribution is 8.00. The van der Waals surface area contributed by atoms with E-state index in [1.807, 2.05) is 0 Å². The van der Waals surface area contributed by atoms with E-state index in [0.717, 1.165) is 19.3 Å². The molecule has 90 valence electrons. The van der Waals surface area contributed by atoms with E-state index >= 15 is 0 Å². The van der Waals surface area contributed by atoms with E-state index in [-0.39, 0.29) is 17.5 Å². The first-order chi connectivity index (χ1) is 7.03. The largest absolute Gasteiger partial charge is 0.441 e. The maximum Gasteiger partial charge on any atom is 0.441 e. The molecule has 0 amide bonds. The molecule has 0 heterocycles. The third kappa shape index (κ3) is 5.08. The third-order valence-corrected chi connectivity index (χ3v) is 3.47. The Bertz CT molecular complexity index is 187. The lowest BCUT2D eigenvalue weighted by molar-refractivity contribution is -0.0327. The molecule has 1 aliphatic carbocycles. The molecule has 1 saturated carbocycles. The lowest BCUT2D eigenvalue weighted by Crippen LogP contribution is -2.37. The maximum absolute atomic E-state index is 11.8. The van der Waals surface area contributed by atoms with Gasteiger partial charge in [-0.05, 0) is 37.1 Å². The van der Waals surface area contributed by atoms with E-state index in [9.17, 15) is 13.2 Å². The Hall–Kier alpha value is 0.0600. The Morgan fingerprint density at radius 3 is 2.67 bits per heavy atom. The lowest BCUT2D eigenvalue weighted by atomic mass is 10.0. The third-order valence-electron chi connectivity index (χ3n) is 2.74. The van der Waals surface area contributed by atoms with Crippen LogP contribution in [0.2, 0.25) is 0 Å². The van der Waals surface area contributed by atoms with Gasteiger partial charge in [0.05, 0.1) is 0 Å². The van der Waals surface area contributed by atoms with Crippen LogP contribution in [0.5, 0.6) is 0 Å². The topological polar surface area (TPSA) is 38.0 Å². The average molecular weight is 242 g/mol. The van der Waals surface area contributed by atoms with E-state index < -0.39 is 5.51 Å². The summed E-state index contributed by atoms with van der Waals surface area (Å²) >= 11 is 0.0320. The van der Waals surface area contributed by atoms with Crippen LogP contribution in [0, 0.1) is 5.92 Å². The molecule has 2 unspecified atom stereocenters. The van der Waals surface area contributed by atoms with Gasteiger partial charge in [0.1, 0.15) is 0 Å². The maximum atomic E-state index is 11.8. The second kappa shape index (κ2) is 5.96. The molecule has 0 saturated heterocycles. The minimum atomic E-state index is -4.11. The molecule has 1 aliphatic rings. The normalized spacial score (nSPS) is 27.2. The van der Waals surface area contributed by atoms with Crippen LogP contribution in [-0.4, -0.2) is 30.4 Å². The molecule has 3 N–H and O–H groups in total. The van der Waals surface area contributed by atoms with Gasteiger partial charge in [0.15, 0.2) is 0 Å². The molecule has 0 aromatic rings. The predicted octanol–water partition coefficient (Wildman–Crippen LogP) is 1.96. The molecule has 0 aromatic carbocycles. The summed E-state index contributed by atoms with van der Waals surface area (Å²) in [4.78, 5) is 0. The molecule has 0 bridgehead atoms. The van der Waals surface area contributed by atoms with Gasteiger partial charge in [-0.25, -0.2) is 0 Å². The van der Waals surface area contributed by atoms with Crippen molar-refractivity contribution in [3.63, 3.8) is 0 Å². The summed E-state index contributed by atoms with van der Waals surface area (Å²) in [7, 11) is 0. The summed E-state index contributed by atoms with van der Waals surface area (Å²) in [6, 6.07) is 0.323. The van der Waals surface area contributed by atoms with Crippen LogP contribution < -0.4 is 11.1 Å². The van der Waals surface area contributed by atoms with Crippen LogP contribution in [0.1, 0.15) is 19.3 Å². The number of hydrogen-bond donors (Lipinski definition) is 2. The molecular weight excluding hydrogens is 225 g/mol. The molecule has 1 rings (SSSR count). The highest BCUT2D eigenvalue weighted by atomic mass is 32.2. The van der Waals surface area contributed by atoms with Crippen molar-refractivity contribution in [2.45, 2.75) is 30.8 Å². The Morgan fingerprint density at radius 1 is 1.33 bits per heavy atom. The second-order valence-electron chi connectivity index (χ2n) is 3.78. The number of halogens is 3. The van der Waals surface area contributed by atoms with Gasteiger partial charge in [0.2, 0.25) is 0 Å². The van der Waals surface area contributed by atoms with Crippen LogP contribution in [0.4, 0.5) is 13.2 Å². The Kier molecular flexibility index (Phi) is 5.22. The molecule has 0 radical (unpaired) electrons. The molecule has 15 heavy (non-hydrogen) atoms. The molecule has 0 spiro atoms. The monoisotopic (exact) mass is 242 g/mol. The van der Waals surface area contributed by atoms with Crippen LogP contribution in [0.15, 0.2) is 0 Å². The Morgan fingerprint density at radius 2 is 2.07 bits per heavy atom. The van der Waals surface area contributed by atoms with Crippen molar-refractivity contribution < 1.29 is 13.2 Å². The van der Waals surface area contributed by atoms with Gasteiger partial charge >= 0.3 is 5.51 Å². The van der Waals surface area contributed by atoms with Crippen LogP contribution in [0.3, 0.4) is 0 Å². The van der Waals surface area contributed by atoms with Gasteiger partial charge in [-0.15, -0.1) is 0 Å². The van der Waals surface area contributed by atoms with Gasteiger partial charge in [-0.1, -0.05) is 6.42 Å². The van der Waals surface area contributed by atoms with Crippen molar-refractivity contribution >= 4 is 11.8 Å². The minimum absolute atomic E-state index is 0.0320. The highest BCUT2D eigenvalue weighted by Crippen LogP contribution is 2.30. The minimum Gasteiger partial charge on any atom is -0.330 e. The van der Waals surface area contributed by atoms with Crippen LogP contribution >= 0.6 is 11.8 Å². The van der Waals surface area contributed by atoms with Crippen LogP contribution in [0.25, 0.3) is 0 Å². The van der Waals surface area contributed by atoms with Crippen molar-refractivity contribution in [1.29, 1.82) is 0 Å². The number of nitrogens with two attached hydrogens (primary N) is 1. The first kappa shape index (κ1) is 13.1. The van der Waals surface area contributed by atoms with Gasteiger partial charge in [0, 0.05) is 18.3 Å². The number of alkyl halides is 3. The smallest absolute Gasteiger partial charge is 0.330 e. The summed E-state index contributed by atoms with van der Waals surface area (Å²) in [5.41, 5.74) is 1.47. The second-order valence-corrected chi connectivity index (χ2v) is 4.94. The standard InChI is InChI=1S/C9H17F3N2S/c10-9(11,12)15-5-4-14-8-3-1-2-7(8)6-13/h7-8,14H,1-6,13H2. The van der Waals surface area contributed by atoms with Crippen molar-refractivity contribution in [2.24, 2.45) is 11.7 Å². The summed E-state index contributed by atoms with van der Waals surface area (Å²) in [6.07, 6.45) is 3.27. The Balaban J connectivity index is 2.09. The first-order valence-corrected chi connectivity index (χ1v) is 6.15. The van der Waals surface area contributed by atoms with E-state index in [2.05, 4.69) is 5.32 Å². The van der Waals surface area contributed by atoms with Gasteiger partial charge < -0.3 is 11.1 Å². The average Bonchev–Trinajstić information content (AvgIpc) is 2.58. The summed E-state index contributed by atoms with van der Waals surface area (Å²) in [5.74, 6) is 0.526. The van der Waals surface area contributed by atoms with E-state index in [1.165, 1.54) is 0 Å². The van der Waals surface area contributed by atoms with E-state index in [4.69, 9.17) is 5.73 Å². The van der Waals surface area contributed by atoms with Gasteiger partial charge in [-0.2, -0.15) is 13.2 Å². The number of rotatable bonds is 5. The summed E-state index contributed by atoms with van der Waals surface area (Å²) in [6.45, 7) is 1.04. The van der Waals surface area contributed by atoms with Crippen molar-refractivity contribution in [2.75, 3.05) is 18.8 Å². The SMILES string of the molecule is NCC1CCCC1NCCSC(F)(F)F. The fourth-order valence-electron chi connectivity index (χ4n) is 2.00. The quantitative estimate of drug-likeness (QED) is 0.724. The molecule has 0 aromatic heterocycles. The molecule has 0 aliphatic heterocycles. The molecular formula is C9H17F3N2S. The zero-order valence-corrected chi connectivity index (χ0v) is 9.33. The zero-order valence-electron chi connectivity index (χ0n) is 8.52. The van der Waals surface area contributed by atoms with Gasteiger partial charge in [0.25, 0.3) is 0 Å². The number of thioether (sulfide) groups is 1. The molecule has 2 atom stereocenters. The molecule has 6 heteroatoms. The van der Waals surface area contributed by atoms with Crippen LogP contribution in [-0.2, 0) is 0 Å². The van der Waals surface area contributed by atoms with Crippen molar-refractivity contribution in [3.05, 3.63) is 0 Å². The Labute approximate surface area is 92.2 Å². The van der Waals surface area contributed by atoms with E-state index in [1.54, 1.807) is 0 Å². The van der Waals surface area contributed by atoms with Crippen molar-refractivity contribution in [3.8, 4) is 0 Å². The summed E-state index contributed by atoms with van der Waals surface area (Å²) < 4.78 is 35.4. The first-order valence-electron chi connectivity index (χ1n) is 5.17. The number of hydrogen-bond acceptors (Lipinski definition) is 3. The van der Waals surface area contributed by atoms with Crippen molar-refractivity contribution in [1.82, 2.24) is 5.32 Å². The van der Waals surface area contributed by atoms with Gasteiger partial charge in [-0.3, -0.25) is 0 Å². The zero-order chi connectivity index (χ0) is 11.3.